The standard InChI is InChI=1S/C11H17NO2/c1-3-9(8-12)10(13)7-11(14-2)5-4-6-11/h9H,3-7H2,1-2H3. The van der Waals surface area contributed by atoms with Gasteiger partial charge in [-0.05, 0) is 25.7 Å². The van der Waals surface area contributed by atoms with Gasteiger partial charge in [0.05, 0.1) is 11.7 Å². The minimum absolute atomic E-state index is 0.0385. The molecule has 1 fully saturated rings. The van der Waals surface area contributed by atoms with Crippen molar-refractivity contribution < 1.29 is 9.53 Å². The first-order valence-electron chi connectivity index (χ1n) is 5.15. The summed E-state index contributed by atoms with van der Waals surface area (Å²) in [7, 11) is 1.65. The molecule has 0 radical (unpaired) electrons. The number of carbonyl (C=O) groups is 1. The summed E-state index contributed by atoms with van der Waals surface area (Å²) in [6, 6.07) is 2.04. The molecular formula is C11H17NO2. The van der Waals surface area contributed by atoms with Gasteiger partial charge in [-0.25, -0.2) is 0 Å². The van der Waals surface area contributed by atoms with Crippen LogP contribution in [0.4, 0.5) is 0 Å². The molecule has 3 nitrogen and oxygen atoms in total. The molecule has 1 aliphatic rings. The lowest BCUT2D eigenvalue weighted by molar-refractivity contribution is -0.134. The van der Waals surface area contributed by atoms with E-state index in [4.69, 9.17) is 10.00 Å². The van der Waals surface area contributed by atoms with Crippen LogP contribution >= 0.6 is 0 Å². The molecule has 78 valence electrons. The molecule has 0 amide bonds. The third-order valence-electron chi connectivity index (χ3n) is 3.15. The van der Waals surface area contributed by atoms with Crippen molar-refractivity contribution in [1.82, 2.24) is 0 Å². The van der Waals surface area contributed by atoms with Gasteiger partial charge in [-0.1, -0.05) is 6.92 Å². The number of rotatable bonds is 5. The average Bonchev–Trinajstić information content (AvgIpc) is 2.13. The van der Waals surface area contributed by atoms with Crippen molar-refractivity contribution in [2.24, 2.45) is 5.92 Å². The smallest absolute Gasteiger partial charge is 0.152 e. The highest BCUT2D eigenvalue weighted by Gasteiger charge is 2.40. The van der Waals surface area contributed by atoms with Crippen LogP contribution in [0.3, 0.4) is 0 Å². The van der Waals surface area contributed by atoms with Crippen LogP contribution in [0.15, 0.2) is 0 Å². The van der Waals surface area contributed by atoms with Gasteiger partial charge in [0.2, 0.25) is 0 Å². The number of hydrogen-bond acceptors (Lipinski definition) is 3. The van der Waals surface area contributed by atoms with E-state index in [2.05, 4.69) is 0 Å². The average molecular weight is 195 g/mol. The predicted octanol–water partition coefficient (Wildman–Crippen LogP) is 2.06. The summed E-state index contributed by atoms with van der Waals surface area (Å²) in [5.41, 5.74) is -0.235. The van der Waals surface area contributed by atoms with Crippen LogP contribution in [-0.2, 0) is 9.53 Å². The topological polar surface area (TPSA) is 50.1 Å². The third-order valence-corrected chi connectivity index (χ3v) is 3.15. The zero-order chi connectivity index (χ0) is 10.6. The molecule has 0 spiro atoms. The van der Waals surface area contributed by atoms with Crippen LogP contribution in [0, 0.1) is 17.2 Å². The van der Waals surface area contributed by atoms with Crippen molar-refractivity contribution in [3.8, 4) is 6.07 Å². The molecule has 0 saturated heterocycles. The van der Waals surface area contributed by atoms with Crippen molar-refractivity contribution >= 4 is 5.78 Å². The normalized spacial score (nSPS) is 20.6. The second-order valence-electron chi connectivity index (χ2n) is 3.97. The van der Waals surface area contributed by atoms with Crippen LogP contribution < -0.4 is 0 Å². The number of nitriles is 1. The summed E-state index contributed by atoms with van der Waals surface area (Å²) in [6.07, 6.45) is 4.06. The van der Waals surface area contributed by atoms with E-state index in [-0.39, 0.29) is 11.4 Å². The molecular weight excluding hydrogens is 178 g/mol. The van der Waals surface area contributed by atoms with E-state index in [1.165, 1.54) is 0 Å². The fourth-order valence-electron chi connectivity index (χ4n) is 1.86. The first-order chi connectivity index (χ1) is 6.67. The van der Waals surface area contributed by atoms with E-state index in [9.17, 15) is 4.79 Å². The molecule has 0 aliphatic heterocycles. The fourth-order valence-corrected chi connectivity index (χ4v) is 1.86. The van der Waals surface area contributed by atoms with E-state index in [0.29, 0.717) is 12.8 Å². The fraction of sp³-hybridized carbons (Fsp3) is 0.818. The Bertz CT molecular complexity index is 245. The Morgan fingerprint density at radius 1 is 1.64 bits per heavy atom. The lowest BCUT2D eigenvalue weighted by Gasteiger charge is -2.40. The Labute approximate surface area is 85.1 Å². The van der Waals surface area contributed by atoms with E-state index >= 15 is 0 Å². The minimum atomic E-state index is -0.442. The Morgan fingerprint density at radius 3 is 2.57 bits per heavy atom. The van der Waals surface area contributed by atoms with Gasteiger partial charge >= 0.3 is 0 Å². The Balaban J connectivity index is 2.51. The maximum atomic E-state index is 11.7. The Hall–Kier alpha value is -0.880. The molecule has 0 heterocycles. The monoisotopic (exact) mass is 195 g/mol. The van der Waals surface area contributed by atoms with E-state index in [0.717, 1.165) is 19.3 Å². The van der Waals surface area contributed by atoms with Crippen molar-refractivity contribution in [1.29, 1.82) is 5.26 Å². The molecule has 0 aromatic carbocycles. The van der Waals surface area contributed by atoms with Crippen LogP contribution in [0.2, 0.25) is 0 Å². The summed E-state index contributed by atoms with van der Waals surface area (Å²) in [4.78, 5) is 11.7. The first kappa shape index (κ1) is 11.2. The zero-order valence-electron chi connectivity index (χ0n) is 8.88. The van der Waals surface area contributed by atoms with Gasteiger partial charge < -0.3 is 4.74 Å². The molecule has 1 saturated carbocycles. The van der Waals surface area contributed by atoms with E-state index < -0.39 is 5.92 Å². The lowest BCUT2D eigenvalue weighted by atomic mass is 9.75. The van der Waals surface area contributed by atoms with Crippen LogP contribution in [0.5, 0.6) is 0 Å². The molecule has 1 rings (SSSR count). The van der Waals surface area contributed by atoms with Crippen molar-refractivity contribution in [2.75, 3.05) is 7.11 Å². The number of ketones is 1. The van der Waals surface area contributed by atoms with Crippen molar-refractivity contribution in [2.45, 2.75) is 44.6 Å². The molecule has 0 bridgehead atoms. The van der Waals surface area contributed by atoms with E-state index in [1.54, 1.807) is 7.11 Å². The van der Waals surface area contributed by atoms with Gasteiger partial charge in [-0.3, -0.25) is 4.79 Å². The van der Waals surface area contributed by atoms with Crippen LogP contribution in [0.25, 0.3) is 0 Å². The Morgan fingerprint density at radius 2 is 2.29 bits per heavy atom. The van der Waals surface area contributed by atoms with Crippen LogP contribution in [-0.4, -0.2) is 18.5 Å². The number of methoxy groups -OCH3 is 1. The zero-order valence-corrected chi connectivity index (χ0v) is 8.88. The second kappa shape index (κ2) is 4.56. The maximum Gasteiger partial charge on any atom is 0.152 e. The highest BCUT2D eigenvalue weighted by Crippen LogP contribution is 2.38. The third kappa shape index (κ3) is 2.13. The minimum Gasteiger partial charge on any atom is -0.378 e. The molecule has 0 N–H and O–H groups in total. The number of ether oxygens (including phenoxy) is 1. The summed E-state index contributed by atoms with van der Waals surface area (Å²) in [6.45, 7) is 1.87. The highest BCUT2D eigenvalue weighted by atomic mass is 16.5. The number of carbonyl (C=O) groups excluding carboxylic acids is 1. The SMILES string of the molecule is CCC(C#N)C(=O)CC1(OC)CCC1. The summed E-state index contributed by atoms with van der Waals surface area (Å²) in [5, 5.41) is 8.75. The van der Waals surface area contributed by atoms with Crippen LogP contribution in [0.1, 0.15) is 39.0 Å². The molecule has 0 aromatic heterocycles. The molecule has 0 aromatic rings. The number of hydrogen-bond donors (Lipinski definition) is 0. The molecule has 1 aliphatic carbocycles. The van der Waals surface area contributed by atoms with Gasteiger partial charge in [0.15, 0.2) is 5.78 Å². The summed E-state index contributed by atoms with van der Waals surface area (Å²) < 4.78 is 5.35. The maximum absolute atomic E-state index is 11.7. The largest absolute Gasteiger partial charge is 0.378 e. The molecule has 1 atom stereocenters. The van der Waals surface area contributed by atoms with Gasteiger partial charge in [0, 0.05) is 13.5 Å². The summed E-state index contributed by atoms with van der Waals surface area (Å²) in [5.74, 6) is -0.404. The number of nitrogens with zero attached hydrogens (tertiary/aromatic N) is 1. The second-order valence-corrected chi connectivity index (χ2v) is 3.97. The van der Waals surface area contributed by atoms with Gasteiger partial charge in [-0.2, -0.15) is 5.26 Å². The van der Waals surface area contributed by atoms with Crippen molar-refractivity contribution in [3.05, 3.63) is 0 Å². The molecule has 1 unspecified atom stereocenters. The Kier molecular flexibility index (Phi) is 3.65. The molecule has 3 heteroatoms. The van der Waals surface area contributed by atoms with Crippen molar-refractivity contribution in [3.63, 3.8) is 0 Å². The first-order valence-corrected chi connectivity index (χ1v) is 5.15. The highest BCUT2D eigenvalue weighted by molar-refractivity contribution is 5.84. The van der Waals surface area contributed by atoms with Gasteiger partial charge in [0.1, 0.15) is 5.92 Å². The lowest BCUT2D eigenvalue weighted by Crippen LogP contribution is -2.42. The van der Waals surface area contributed by atoms with Gasteiger partial charge in [0.25, 0.3) is 0 Å². The molecule has 14 heavy (non-hydrogen) atoms. The van der Waals surface area contributed by atoms with E-state index in [1.807, 2.05) is 13.0 Å². The number of Topliss-reactive ketones (excluding diaryl/α,β-unsaturated/α-hetero) is 1. The quantitative estimate of drug-likeness (QED) is 0.674. The summed E-state index contributed by atoms with van der Waals surface area (Å²) >= 11 is 0. The predicted molar refractivity (Wildman–Crippen MR) is 52.6 cm³/mol. The van der Waals surface area contributed by atoms with Gasteiger partial charge in [-0.15, -0.1) is 0 Å².